The van der Waals surface area contributed by atoms with Crippen molar-refractivity contribution in [3.63, 3.8) is 0 Å². The summed E-state index contributed by atoms with van der Waals surface area (Å²) in [5.41, 5.74) is 0. The van der Waals surface area contributed by atoms with Crippen LogP contribution in [0.25, 0.3) is 0 Å². The highest BCUT2D eigenvalue weighted by Gasteiger charge is 1.96. The molecule has 0 rings (SSSR count). The summed E-state index contributed by atoms with van der Waals surface area (Å²) in [4.78, 5) is 11.4. The van der Waals surface area contributed by atoms with E-state index < -0.39 is 0 Å². The molecule has 0 unspecified atom stereocenters. The van der Waals surface area contributed by atoms with Gasteiger partial charge in [-0.2, -0.15) is 0 Å². The van der Waals surface area contributed by atoms with Gasteiger partial charge >= 0.3 is 5.97 Å². The van der Waals surface area contributed by atoms with Crippen LogP contribution in [-0.2, 0) is 9.53 Å². The Morgan fingerprint density at radius 1 is 0.842 bits per heavy atom. The fourth-order valence-electron chi connectivity index (χ4n) is 1.97. The first-order valence-corrected chi connectivity index (χ1v) is 8.14. The van der Waals surface area contributed by atoms with Gasteiger partial charge in [0, 0.05) is 6.08 Å². The molecule has 0 aromatic carbocycles. The number of ether oxygens (including phenoxy) is 1. The first-order chi connectivity index (χ1) is 9.31. The van der Waals surface area contributed by atoms with Crippen molar-refractivity contribution in [3.8, 4) is 0 Å². The molecule has 0 radical (unpaired) electrons. The average Bonchev–Trinajstić information content (AvgIpc) is 2.41. The lowest BCUT2D eigenvalue weighted by molar-refractivity contribution is -0.137. The van der Waals surface area contributed by atoms with E-state index in [1.54, 1.807) is 6.08 Å². The van der Waals surface area contributed by atoms with Crippen LogP contribution in [0.3, 0.4) is 0 Å². The van der Waals surface area contributed by atoms with Crippen LogP contribution >= 0.6 is 0 Å². The van der Waals surface area contributed by atoms with E-state index >= 15 is 0 Å². The summed E-state index contributed by atoms with van der Waals surface area (Å²) >= 11 is 0. The lowest BCUT2D eigenvalue weighted by Crippen LogP contribution is -2.02. The Morgan fingerprint density at radius 3 is 2.11 bits per heavy atom. The topological polar surface area (TPSA) is 26.3 Å². The molecule has 2 nitrogen and oxygen atoms in total. The molecule has 0 fully saturated rings. The second-order valence-corrected chi connectivity index (χ2v) is 5.19. The maximum absolute atomic E-state index is 11.4. The largest absolute Gasteiger partial charge is 0.463 e. The smallest absolute Gasteiger partial charge is 0.330 e. The monoisotopic (exact) mass is 268 g/mol. The first kappa shape index (κ1) is 18.2. The minimum absolute atomic E-state index is 0.177. The summed E-state index contributed by atoms with van der Waals surface area (Å²) in [6.07, 6.45) is 16.8. The number of esters is 1. The summed E-state index contributed by atoms with van der Waals surface area (Å²) in [7, 11) is 0. The summed E-state index contributed by atoms with van der Waals surface area (Å²) in [6, 6.07) is 0. The van der Waals surface area contributed by atoms with Crippen LogP contribution in [0.15, 0.2) is 12.2 Å². The Labute approximate surface area is 119 Å². The van der Waals surface area contributed by atoms with Gasteiger partial charge in [0.05, 0.1) is 6.61 Å². The lowest BCUT2D eigenvalue weighted by Gasteiger charge is -2.02. The van der Waals surface area contributed by atoms with E-state index in [1.165, 1.54) is 57.8 Å². The van der Waals surface area contributed by atoms with Gasteiger partial charge in [0.2, 0.25) is 0 Å². The highest BCUT2D eigenvalue weighted by Crippen LogP contribution is 2.05. The van der Waals surface area contributed by atoms with Crippen molar-refractivity contribution in [1.29, 1.82) is 0 Å². The van der Waals surface area contributed by atoms with E-state index in [1.807, 2.05) is 6.08 Å². The Morgan fingerprint density at radius 2 is 1.42 bits per heavy atom. The van der Waals surface area contributed by atoms with Crippen molar-refractivity contribution in [1.82, 2.24) is 0 Å². The highest BCUT2D eigenvalue weighted by molar-refractivity contribution is 5.81. The van der Waals surface area contributed by atoms with Gasteiger partial charge < -0.3 is 4.74 Å². The van der Waals surface area contributed by atoms with Crippen LogP contribution in [0.1, 0.15) is 84.5 Å². The van der Waals surface area contributed by atoms with Gasteiger partial charge in [0.25, 0.3) is 0 Å². The normalized spacial score (nSPS) is 11.1. The van der Waals surface area contributed by atoms with Gasteiger partial charge in [-0.05, 0) is 19.3 Å². The molecule has 19 heavy (non-hydrogen) atoms. The van der Waals surface area contributed by atoms with E-state index in [4.69, 9.17) is 4.74 Å². The lowest BCUT2D eigenvalue weighted by atomic mass is 10.1. The van der Waals surface area contributed by atoms with Crippen LogP contribution in [0.2, 0.25) is 0 Å². The molecule has 0 amide bonds. The summed E-state index contributed by atoms with van der Waals surface area (Å²) < 4.78 is 5.15. The molecule has 0 aliphatic rings. The molecule has 0 spiro atoms. The van der Waals surface area contributed by atoms with Gasteiger partial charge in [0.1, 0.15) is 0 Å². The molecular formula is C17H32O2. The van der Waals surface area contributed by atoms with Crippen LogP contribution in [0.4, 0.5) is 0 Å². The molecule has 0 atom stereocenters. The van der Waals surface area contributed by atoms with Crippen molar-refractivity contribution in [2.24, 2.45) is 0 Å². The minimum atomic E-state index is -0.177. The number of carbonyl (C=O) groups excluding carboxylic acids is 1. The van der Waals surface area contributed by atoms with Crippen LogP contribution in [0, 0.1) is 0 Å². The molecule has 0 heterocycles. The number of carbonyl (C=O) groups is 1. The third-order valence-electron chi connectivity index (χ3n) is 3.22. The molecule has 2 heteroatoms. The Hall–Kier alpha value is -0.790. The fraction of sp³-hybridized carbons (Fsp3) is 0.824. The second kappa shape index (κ2) is 15.3. The molecule has 0 saturated carbocycles. The molecule has 0 aliphatic carbocycles. The maximum Gasteiger partial charge on any atom is 0.330 e. The van der Waals surface area contributed by atoms with Crippen LogP contribution in [-0.4, -0.2) is 12.6 Å². The predicted octanol–water partition coefficient (Wildman–Crippen LogP) is 5.42. The van der Waals surface area contributed by atoms with Crippen molar-refractivity contribution in [2.75, 3.05) is 6.61 Å². The number of rotatable bonds is 13. The van der Waals surface area contributed by atoms with Gasteiger partial charge in [-0.15, -0.1) is 0 Å². The van der Waals surface area contributed by atoms with Crippen molar-refractivity contribution >= 4 is 5.97 Å². The Kier molecular flexibility index (Phi) is 14.6. The van der Waals surface area contributed by atoms with Gasteiger partial charge in [-0.1, -0.05) is 71.3 Å². The van der Waals surface area contributed by atoms with Crippen molar-refractivity contribution < 1.29 is 9.53 Å². The first-order valence-electron chi connectivity index (χ1n) is 8.14. The predicted molar refractivity (Wildman–Crippen MR) is 82.2 cm³/mol. The third-order valence-corrected chi connectivity index (χ3v) is 3.22. The SMILES string of the molecule is CCCCCCC=CC(=O)OCCCCCCCC. The second-order valence-electron chi connectivity index (χ2n) is 5.19. The minimum Gasteiger partial charge on any atom is -0.463 e. The van der Waals surface area contributed by atoms with E-state index in [0.717, 1.165) is 12.8 Å². The molecule has 0 aromatic heterocycles. The maximum atomic E-state index is 11.4. The summed E-state index contributed by atoms with van der Waals surface area (Å²) in [5, 5.41) is 0. The quantitative estimate of drug-likeness (QED) is 0.253. The van der Waals surface area contributed by atoms with Crippen molar-refractivity contribution in [3.05, 3.63) is 12.2 Å². The Balaban J connectivity index is 3.26. The zero-order valence-corrected chi connectivity index (χ0v) is 13.0. The van der Waals surface area contributed by atoms with Gasteiger partial charge in [0.15, 0.2) is 0 Å². The molecule has 0 aromatic rings. The number of allylic oxidation sites excluding steroid dienone is 1. The zero-order valence-electron chi connectivity index (χ0n) is 13.0. The zero-order chi connectivity index (χ0) is 14.2. The van der Waals surface area contributed by atoms with E-state index in [0.29, 0.717) is 6.61 Å². The molecule has 0 aliphatic heterocycles. The third kappa shape index (κ3) is 15.2. The molecule has 0 N–H and O–H groups in total. The Bertz CT molecular complexity index is 221. The fourth-order valence-corrected chi connectivity index (χ4v) is 1.97. The summed E-state index contributed by atoms with van der Waals surface area (Å²) in [6.45, 7) is 5.00. The average molecular weight is 268 g/mol. The number of hydrogen-bond donors (Lipinski definition) is 0. The van der Waals surface area contributed by atoms with Crippen LogP contribution in [0.5, 0.6) is 0 Å². The molecule has 0 saturated heterocycles. The molecule has 0 bridgehead atoms. The van der Waals surface area contributed by atoms with Gasteiger partial charge in [-0.25, -0.2) is 4.79 Å². The highest BCUT2D eigenvalue weighted by atomic mass is 16.5. The van der Waals surface area contributed by atoms with E-state index in [-0.39, 0.29) is 5.97 Å². The molecule has 112 valence electrons. The van der Waals surface area contributed by atoms with E-state index in [2.05, 4.69) is 13.8 Å². The summed E-state index contributed by atoms with van der Waals surface area (Å²) in [5.74, 6) is -0.177. The van der Waals surface area contributed by atoms with E-state index in [9.17, 15) is 4.79 Å². The number of unbranched alkanes of at least 4 members (excludes halogenated alkanes) is 9. The standard InChI is InChI=1S/C17H32O2/c1-3-5-7-9-11-13-15-17(18)19-16-14-12-10-8-6-4-2/h13,15H,3-12,14,16H2,1-2H3. The number of hydrogen-bond acceptors (Lipinski definition) is 2. The molecular weight excluding hydrogens is 236 g/mol. The van der Waals surface area contributed by atoms with Crippen LogP contribution < -0.4 is 0 Å². The van der Waals surface area contributed by atoms with Gasteiger partial charge in [-0.3, -0.25) is 0 Å². The van der Waals surface area contributed by atoms with Crippen molar-refractivity contribution in [2.45, 2.75) is 84.5 Å².